The summed E-state index contributed by atoms with van der Waals surface area (Å²) in [6.07, 6.45) is 0. The molecule has 0 radical (unpaired) electrons. The summed E-state index contributed by atoms with van der Waals surface area (Å²) in [6, 6.07) is -0.714. The number of esters is 1. The van der Waals surface area contributed by atoms with Crippen molar-refractivity contribution in [1.82, 2.24) is 9.80 Å². The number of likely N-dealkylation sites (N-methyl/N-ethyl adjacent to an activating group) is 1. The lowest BCUT2D eigenvalue weighted by atomic mass is 10.1. The van der Waals surface area contributed by atoms with Crippen molar-refractivity contribution in [2.75, 3.05) is 39.8 Å². The van der Waals surface area contributed by atoms with Crippen LogP contribution in [0.4, 0.5) is 0 Å². The van der Waals surface area contributed by atoms with Crippen molar-refractivity contribution < 1.29 is 14.3 Å². The topological polar surface area (TPSA) is 49.9 Å². The monoisotopic (exact) mass is 228 g/mol. The highest BCUT2D eigenvalue weighted by Gasteiger charge is 2.32. The quantitative estimate of drug-likeness (QED) is 0.491. The van der Waals surface area contributed by atoms with Gasteiger partial charge in [-0.25, -0.2) is 4.79 Å². The summed E-state index contributed by atoms with van der Waals surface area (Å²) in [6.45, 7) is 6.74. The molecule has 1 rings (SSSR count). The summed E-state index contributed by atoms with van der Waals surface area (Å²) in [5, 5.41) is 0. The first-order valence-corrected chi connectivity index (χ1v) is 5.66. The Morgan fingerprint density at radius 2 is 1.81 bits per heavy atom. The van der Waals surface area contributed by atoms with Crippen LogP contribution in [0, 0.1) is 0 Å². The van der Waals surface area contributed by atoms with Gasteiger partial charge in [0.1, 0.15) is 0 Å². The van der Waals surface area contributed by atoms with E-state index in [1.54, 1.807) is 6.92 Å². The molecule has 0 aromatic heterocycles. The molecule has 1 heterocycles. The molecular formula is C11H20N2O3. The molecule has 0 aromatic carbocycles. The molecule has 1 unspecified atom stereocenters. The Labute approximate surface area is 96.3 Å². The number of ketones is 1. The van der Waals surface area contributed by atoms with Gasteiger partial charge in [0.25, 0.3) is 0 Å². The number of nitrogens with zero attached hydrogens (tertiary/aromatic N) is 2. The van der Waals surface area contributed by atoms with E-state index in [9.17, 15) is 9.59 Å². The third kappa shape index (κ3) is 3.28. The Balaban J connectivity index is 2.63. The van der Waals surface area contributed by atoms with E-state index in [1.807, 2.05) is 11.9 Å². The smallest absolute Gasteiger partial charge is 0.331 e. The molecule has 0 aromatic rings. The zero-order valence-electron chi connectivity index (χ0n) is 10.2. The van der Waals surface area contributed by atoms with E-state index >= 15 is 0 Å². The Kier molecular flexibility index (Phi) is 4.89. The van der Waals surface area contributed by atoms with E-state index in [4.69, 9.17) is 4.74 Å². The van der Waals surface area contributed by atoms with Gasteiger partial charge in [-0.15, -0.1) is 0 Å². The first-order valence-electron chi connectivity index (χ1n) is 5.66. The molecule has 0 saturated carbocycles. The lowest BCUT2D eigenvalue weighted by Crippen LogP contribution is -2.54. The molecule has 16 heavy (non-hydrogen) atoms. The normalized spacial score (nSPS) is 20.4. The zero-order valence-corrected chi connectivity index (χ0v) is 10.2. The highest BCUT2D eigenvalue weighted by molar-refractivity contribution is 6.01. The second kappa shape index (κ2) is 5.96. The molecule has 92 valence electrons. The van der Waals surface area contributed by atoms with Crippen molar-refractivity contribution in [3.05, 3.63) is 0 Å². The molecule has 5 heteroatoms. The minimum absolute atomic E-state index is 0.136. The fraction of sp³-hybridized carbons (Fsp3) is 0.818. The van der Waals surface area contributed by atoms with Crippen LogP contribution in [-0.2, 0) is 14.3 Å². The molecule has 0 N–H and O–H groups in total. The second-order valence-corrected chi connectivity index (χ2v) is 4.10. The Morgan fingerprint density at radius 1 is 1.25 bits per heavy atom. The van der Waals surface area contributed by atoms with Crippen LogP contribution in [0.3, 0.4) is 0 Å². The lowest BCUT2D eigenvalue weighted by molar-refractivity contribution is -0.153. The number of hydrogen-bond donors (Lipinski definition) is 0. The van der Waals surface area contributed by atoms with Gasteiger partial charge in [0.05, 0.1) is 6.61 Å². The fourth-order valence-corrected chi connectivity index (χ4v) is 1.87. The van der Waals surface area contributed by atoms with Crippen LogP contribution in [-0.4, -0.2) is 67.4 Å². The number of Topliss-reactive ketones (excluding diaryl/α,β-unsaturated/α-hetero) is 1. The summed E-state index contributed by atoms with van der Waals surface area (Å²) in [5.41, 5.74) is 0. The van der Waals surface area contributed by atoms with Crippen molar-refractivity contribution in [1.29, 1.82) is 0 Å². The van der Waals surface area contributed by atoms with E-state index in [-0.39, 0.29) is 5.78 Å². The van der Waals surface area contributed by atoms with Crippen LogP contribution in [0.15, 0.2) is 0 Å². The van der Waals surface area contributed by atoms with Gasteiger partial charge in [-0.05, 0) is 20.9 Å². The molecule has 0 spiro atoms. The van der Waals surface area contributed by atoms with E-state index < -0.39 is 12.0 Å². The van der Waals surface area contributed by atoms with E-state index in [1.165, 1.54) is 6.92 Å². The van der Waals surface area contributed by atoms with Crippen LogP contribution < -0.4 is 0 Å². The third-order valence-electron chi connectivity index (χ3n) is 2.80. The number of hydrogen-bond acceptors (Lipinski definition) is 5. The maximum atomic E-state index is 11.7. The highest BCUT2D eigenvalue weighted by atomic mass is 16.5. The van der Waals surface area contributed by atoms with Crippen molar-refractivity contribution in [2.45, 2.75) is 19.9 Å². The first kappa shape index (κ1) is 13.1. The molecule has 0 aliphatic carbocycles. The van der Waals surface area contributed by atoms with Crippen molar-refractivity contribution in [3.63, 3.8) is 0 Å². The third-order valence-corrected chi connectivity index (χ3v) is 2.80. The van der Waals surface area contributed by atoms with E-state index in [0.29, 0.717) is 6.61 Å². The van der Waals surface area contributed by atoms with Crippen LogP contribution >= 0.6 is 0 Å². The molecule has 1 aliphatic heterocycles. The Bertz CT molecular complexity index is 260. The van der Waals surface area contributed by atoms with Gasteiger partial charge >= 0.3 is 5.97 Å². The molecule has 1 saturated heterocycles. The molecule has 1 fully saturated rings. The van der Waals surface area contributed by atoms with Crippen LogP contribution in [0.1, 0.15) is 13.8 Å². The van der Waals surface area contributed by atoms with Gasteiger partial charge in [0, 0.05) is 26.2 Å². The predicted octanol–water partition coefficient (Wildman–Crippen LogP) is -0.245. The second-order valence-electron chi connectivity index (χ2n) is 4.10. The molecule has 0 bridgehead atoms. The fourth-order valence-electron chi connectivity index (χ4n) is 1.87. The molecular weight excluding hydrogens is 208 g/mol. The molecule has 5 nitrogen and oxygen atoms in total. The predicted molar refractivity (Wildman–Crippen MR) is 60.2 cm³/mol. The summed E-state index contributed by atoms with van der Waals surface area (Å²) in [7, 11) is 2.03. The average Bonchev–Trinajstić information content (AvgIpc) is 2.21. The minimum Gasteiger partial charge on any atom is -0.464 e. The number of carbonyl (C=O) groups excluding carboxylic acids is 2. The van der Waals surface area contributed by atoms with E-state index in [2.05, 4.69) is 4.90 Å². The number of carbonyl (C=O) groups is 2. The van der Waals surface area contributed by atoms with Crippen LogP contribution in [0.2, 0.25) is 0 Å². The molecule has 1 aliphatic rings. The largest absolute Gasteiger partial charge is 0.464 e. The Hall–Kier alpha value is -0.940. The maximum absolute atomic E-state index is 11.7. The van der Waals surface area contributed by atoms with Crippen LogP contribution in [0.25, 0.3) is 0 Å². The number of piperazine rings is 1. The Morgan fingerprint density at radius 3 is 2.25 bits per heavy atom. The van der Waals surface area contributed by atoms with Crippen molar-refractivity contribution in [2.24, 2.45) is 0 Å². The van der Waals surface area contributed by atoms with Crippen molar-refractivity contribution >= 4 is 11.8 Å². The van der Waals surface area contributed by atoms with Gasteiger partial charge in [-0.3, -0.25) is 9.69 Å². The van der Waals surface area contributed by atoms with Gasteiger partial charge < -0.3 is 9.64 Å². The minimum atomic E-state index is -0.714. The summed E-state index contributed by atoms with van der Waals surface area (Å²) in [5.74, 6) is -0.553. The standard InChI is InChI=1S/C11H20N2O3/c1-4-16-11(15)10(9(2)14)13-7-5-12(3)6-8-13/h10H,4-8H2,1-3H3. The highest BCUT2D eigenvalue weighted by Crippen LogP contribution is 2.08. The summed E-state index contributed by atoms with van der Waals surface area (Å²) < 4.78 is 4.93. The SMILES string of the molecule is CCOC(=O)C(C(C)=O)N1CCN(C)CC1. The van der Waals surface area contributed by atoms with Gasteiger partial charge in [0.15, 0.2) is 11.8 Å². The summed E-state index contributed by atoms with van der Waals surface area (Å²) >= 11 is 0. The summed E-state index contributed by atoms with van der Waals surface area (Å²) in [4.78, 5) is 27.2. The zero-order chi connectivity index (χ0) is 12.1. The van der Waals surface area contributed by atoms with Gasteiger partial charge in [0.2, 0.25) is 0 Å². The van der Waals surface area contributed by atoms with Crippen LogP contribution in [0.5, 0.6) is 0 Å². The maximum Gasteiger partial charge on any atom is 0.331 e. The number of rotatable bonds is 4. The van der Waals surface area contributed by atoms with Crippen molar-refractivity contribution in [3.8, 4) is 0 Å². The van der Waals surface area contributed by atoms with Gasteiger partial charge in [-0.1, -0.05) is 0 Å². The first-order chi connectivity index (χ1) is 7.56. The van der Waals surface area contributed by atoms with E-state index in [0.717, 1.165) is 26.2 Å². The average molecular weight is 228 g/mol. The lowest BCUT2D eigenvalue weighted by Gasteiger charge is -2.35. The van der Waals surface area contributed by atoms with Gasteiger partial charge in [-0.2, -0.15) is 0 Å². The molecule has 0 amide bonds. The number of ether oxygens (including phenoxy) is 1. The molecule has 1 atom stereocenters.